The molecule has 0 fully saturated rings. The second kappa shape index (κ2) is 7.23. The molecular weight excluding hydrogens is 238 g/mol. The summed E-state index contributed by atoms with van der Waals surface area (Å²) in [5.41, 5.74) is 1.04. The highest BCUT2D eigenvalue weighted by molar-refractivity contribution is 5.92. The van der Waals surface area contributed by atoms with E-state index in [1.54, 1.807) is 12.1 Å². The van der Waals surface area contributed by atoms with Crippen molar-refractivity contribution in [2.75, 3.05) is 32.1 Å². The normalized spacial score (nSPS) is 9.83. The number of pyridine rings is 1. The molecule has 3 N–H and O–H groups in total. The highest BCUT2D eigenvalue weighted by Crippen LogP contribution is 2.07. The van der Waals surface area contributed by atoms with E-state index in [-0.39, 0.29) is 19.1 Å². The van der Waals surface area contributed by atoms with Gasteiger partial charge in [-0.1, -0.05) is 0 Å². The van der Waals surface area contributed by atoms with Crippen molar-refractivity contribution >= 4 is 17.6 Å². The van der Waals surface area contributed by atoms with E-state index in [9.17, 15) is 9.59 Å². The zero-order valence-corrected chi connectivity index (χ0v) is 9.97. The molecule has 0 aliphatic rings. The standard InChI is InChI=1S/C11H15N3O4/c1-12-11(17)9-6-8(2-3-14-9)13-4-5-18-7-10(15)16/h2-3,6H,4-5,7H2,1H3,(H,12,17)(H,13,14)(H,15,16). The number of carboxylic acids is 1. The van der Waals surface area contributed by atoms with Gasteiger partial charge in [0.25, 0.3) is 5.91 Å². The van der Waals surface area contributed by atoms with E-state index in [1.807, 2.05) is 0 Å². The molecule has 0 saturated carbocycles. The van der Waals surface area contributed by atoms with Gasteiger partial charge in [0.05, 0.1) is 6.61 Å². The van der Waals surface area contributed by atoms with Crippen molar-refractivity contribution in [3.8, 4) is 0 Å². The summed E-state index contributed by atoms with van der Waals surface area (Å²) in [7, 11) is 1.53. The van der Waals surface area contributed by atoms with Crippen molar-refractivity contribution in [2.45, 2.75) is 0 Å². The molecule has 0 radical (unpaired) electrons. The Labute approximate surface area is 104 Å². The summed E-state index contributed by atoms with van der Waals surface area (Å²) < 4.78 is 4.86. The fourth-order valence-corrected chi connectivity index (χ4v) is 1.22. The first-order valence-electron chi connectivity index (χ1n) is 5.35. The molecule has 0 aromatic carbocycles. The van der Waals surface area contributed by atoms with Crippen LogP contribution in [0.5, 0.6) is 0 Å². The SMILES string of the molecule is CNC(=O)c1cc(NCCOCC(=O)O)ccn1. The molecule has 0 unspecified atom stereocenters. The predicted molar refractivity (Wildman–Crippen MR) is 64.6 cm³/mol. The van der Waals surface area contributed by atoms with E-state index in [4.69, 9.17) is 9.84 Å². The van der Waals surface area contributed by atoms with Crippen LogP contribution in [0.4, 0.5) is 5.69 Å². The molecule has 18 heavy (non-hydrogen) atoms. The largest absolute Gasteiger partial charge is 0.480 e. The van der Waals surface area contributed by atoms with E-state index >= 15 is 0 Å². The number of nitrogens with one attached hydrogen (secondary N) is 2. The minimum atomic E-state index is -0.999. The molecule has 0 aliphatic heterocycles. The zero-order valence-electron chi connectivity index (χ0n) is 9.97. The van der Waals surface area contributed by atoms with Gasteiger partial charge in [0, 0.05) is 25.5 Å². The Hall–Kier alpha value is -2.15. The molecule has 0 aliphatic carbocycles. The molecule has 7 nitrogen and oxygen atoms in total. The molecule has 0 saturated heterocycles. The van der Waals surface area contributed by atoms with Crippen molar-refractivity contribution in [2.24, 2.45) is 0 Å². The third-order valence-corrected chi connectivity index (χ3v) is 2.02. The quantitative estimate of drug-likeness (QED) is 0.589. The molecule has 1 amide bonds. The summed E-state index contributed by atoms with van der Waals surface area (Å²) in [6, 6.07) is 3.32. The summed E-state index contributed by atoms with van der Waals surface area (Å²) in [5, 5.41) is 13.8. The lowest BCUT2D eigenvalue weighted by Gasteiger charge is -2.07. The van der Waals surface area contributed by atoms with Crippen LogP contribution in [0.2, 0.25) is 0 Å². The second-order valence-corrected chi connectivity index (χ2v) is 3.38. The Bertz CT molecular complexity index is 423. The number of amides is 1. The van der Waals surface area contributed by atoms with Gasteiger partial charge in [-0.3, -0.25) is 9.78 Å². The molecule has 1 aromatic rings. The van der Waals surface area contributed by atoms with Crippen LogP contribution in [0.1, 0.15) is 10.5 Å². The predicted octanol–water partition coefficient (Wildman–Crippen LogP) is -0.0457. The number of ether oxygens (including phenoxy) is 1. The molecule has 7 heteroatoms. The minimum Gasteiger partial charge on any atom is -0.480 e. The van der Waals surface area contributed by atoms with Crippen molar-refractivity contribution in [3.63, 3.8) is 0 Å². The fraction of sp³-hybridized carbons (Fsp3) is 0.364. The third-order valence-electron chi connectivity index (χ3n) is 2.02. The number of rotatable bonds is 7. The van der Waals surface area contributed by atoms with E-state index in [1.165, 1.54) is 13.2 Å². The average molecular weight is 253 g/mol. The van der Waals surface area contributed by atoms with Crippen LogP contribution in [-0.4, -0.2) is 48.8 Å². The summed E-state index contributed by atoms with van der Waals surface area (Å²) in [4.78, 5) is 25.4. The maximum atomic E-state index is 11.3. The van der Waals surface area contributed by atoms with Gasteiger partial charge in [0.2, 0.25) is 0 Å². The molecular formula is C11H15N3O4. The second-order valence-electron chi connectivity index (χ2n) is 3.38. The first-order chi connectivity index (χ1) is 8.63. The Morgan fingerprint density at radius 1 is 1.50 bits per heavy atom. The molecule has 0 bridgehead atoms. The van der Waals surface area contributed by atoms with Crippen LogP contribution in [0.15, 0.2) is 18.3 Å². The molecule has 0 atom stereocenters. The molecule has 1 rings (SSSR count). The number of carbonyl (C=O) groups excluding carboxylic acids is 1. The first kappa shape index (κ1) is 13.9. The van der Waals surface area contributed by atoms with Gasteiger partial charge in [-0.2, -0.15) is 0 Å². The van der Waals surface area contributed by atoms with Crippen LogP contribution in [0.25, 0.3) is 0 Å². The lowest BCUT2D eigenvalue weighted by atomic mass is 10.3. The van der Waals surface area contributed by atoms with Gasteiger partial charge >= 0.3 is 5.97 Å². The van der Waals surface area contributed by atoms with Crippen LogP contribution in [0.3, 0.4) is 0 Å². The number of aliphatic carboxylic acids is 1. The summed E-state index contributed by atoms with van der Waals surface area (Å²) >= 11 is 0. The Balaban J connectivity index is 2.38. The van der Waals surface area contributed by atoms with Crippen molar-refractivity contribution in [1.29, 1.82) is 0 Å². The number of carbonyl (C=O) groups is 2. The smallest absolute Gasteiger partial charge is 0.329 e. The molecule has 1 heterocycles. The lowest BCUT2D eigenvalue weighted by Crippen LogP contribution is -2.19. The van der Waals surface area contributed by atoms with Crippen molar-refractivity contribution in [1.82, 2.24) is 10.3 Å². The average Bonchev–Trinajstić information content (AvgIpc) is 2.37. The van der Waals surface area contributed by atoms with E-state index in [2.05, 4.69) is 15.6 Å². The molecule has 0 spiro atoms. The summed E-state index contributed by atoms with van der Waals surface area (Å²) in [5.74, 6) is -1.26. The van der Waals surface area contributed by atoms with Gasteiger partial charge in [-0.05, 0) is 12.1 Å². The Kier molecular flexibility index (Phi) is 5.59. The van der Waals surface area contributed by atoms with E-state index in [0.717, 1.165) is 5.69 Å². The van der Waals surface area contributed by atoms with E-state index < -0.39 is 5.97 Å². The lowest BCUT2D eigenvalue weighted by molar-refractivity contribution is -0.142. The number of aromatic nitrogens is 1. The summed E-state index contributed by atoms with van der Waals surface area (Å²) in [6.07, 6.45) is 1.52. The van der Waals surface area contributed by atoms with Gasteiger partial charge in [0.1, 0.15) is 12.3 Å². The first-order valence-corrected chi connectivity index (χ1v) is 5.35. The highest BCUT2D eigenvalue weighted by Gasteiger charge is 2.04. The fourth-order valence-electron chi connectivity index (χ4n) is 1.22. The van der Waals surface area contributed by atoms with Crippen molar-refractivity contribution in [3.05, 3.63) is 24.0 Å². The zero-order chi connectivity index (χ0) is 13.4. The van der Waals surface area contributed by atoms with Gasteiger partial charge < -0.3 is 20.5 Å². The van der Waals surface area contributed by atoms with Gasteiger partial charge in [-0.15, -0.1) is 0 Å². The van der Waals surface area contributed by atoms with E-state index in [0.29, 0.717) is 12.2 Å². The maximum absolute atomic E-state index is 11.3. The number of carboxylic acid groups (broad SMARTS) is 1. The monoisotopic (exact) mass is 253 g/mol. The van der Waals surface area contributed by atoms with Crippen LogP contribution in [-0.2, 0) is 9.53 Å². The van der Waals surface area contributed by atoms with Gasteiger partial charge in [-0.25, -0.2) is 4.79 Å². The molecule has 98 valence electrons. The highest BCUT2D eigenvalue weighted by atomic mass is 16.5. The molecule has 1 aromatic heterocycles. The maximum Gasteiger partial charge on any atom is 0.329 e. The van der Waals surface area contributed by atoms with Crippen LogP contribution in [0, 0.1) is 0 Å². The number of nitrogens with zero attached hydrogens (tertiary/aromatic N) is 1. The topological polar surface area (TPSA) is 101 Å². The minimum absolute atomic E-state index is 0.263. The van der Waals surface area contributed by atoms with Crippen LogP contribution >= 0.6 is 0 Å². The Morgan fingerprint density at radius 2 is 2.28 bits per heavy atom. The van der Waals surface area contributed by atoms with Gasteiger partial charge in [0.15, 0.2) is 0 Å². The van der Waals surface area contributed by atoms with Crippen LogP contribution < -0.4 is 10.6 Å². The Morgan fingerprint density at radius 3 is 2.94 bits per heavy atom. The number of anilines is 1. The third kappa shape index (κ3) is 4.79. The summed E-state index contributed by atoms with van der Waals surface area (Å²) in [6.45, 7) is 0.399. The number of hydrogen-bond donors (Lipinski definition) is 3. The number of hydrogen-bond acceptors (Lipinski definition) is 5. The van der Waals surface area contributed by atoms with Crippen molar-refractivity contribution < 1.29 is 19.4 Å².